The van der Waals surface area contributed by atoms with E-state index in [-0.39, 0.29) is 0 Å². The summed E-state index contributed by atoms with van der Waals surface area (Å²) in [5.41, 5.74) is 0.783. The van der Waals surface area contributed by atoms with Crippen LogP contribution in [0.2, 0.25) is 0 Å². The Balaban J connectivity index is 2.93. The van der Waals surface area contributed by atoms with Crippen molar-refractivity contribution in [3.63, 3.8) is 0 Å². The highest BCUT2D eigenvalue weighted by Crippen LogP contribution is 2.16. The summed E-state index contributed by atoms with van der Waals surface area (Å²) in [6.45, 7) is 4.89. The van der Waals surface area contributed by atoms with Crippen molar-refractivity contribution < 1.29 is 8.42 Å². The minimum Gasteiger partial charge on any atom is -0.204 e. The summed E-state index contributed by atoms with van der Waals surface area (Å²) in [5, 5.41) is 0. The fourth-order valence-corrected chi connectivity index (χ4v) is 1.40. The Morgan fingerprint density at radius 1 is 1.13 bits per heavy atom. The van der Waals surface area contributed by atoms with Crippen molar-refractivity contribution in [1.82, 2.24) is 0 Å². The molecular formula is C11H15NO2S. The van der Waals surface area contributed by atoms with Gasteiger partial charge in [0.25, 0.3) is 10.0 Å². The maximum Gasteiger partial charge on any atom is 0.258 e. The Hall–Kier alpha value is -1.16. The third kappa shape index (κ3) is 3.16. The van der Waals surface area contributed by atoms with Crippen molar-refractivity contribution in [2.24, 2.45) is 4.40 Å². The first-order valence-corrected chi connectivity index (χ1v) is 6.12. The average molecular weight is 225 g/mol. The highest BCUT2D eigenvalue weighted by Gasteiger charge is 2.27. The number of benzene rings is 1. The first kappa shape index (κ1) is 11.9. The number of hydrogen-bond acceptors (Lipinski definition) is 2. The van der Waals surface area contributed by atoms with E-state index in [1.54, 1.807) is 20.8 Å². The van der Waals surface area contributed by atoms with Crippen molar-refractivity contribution >= 4 is 16.2 Å². The zero-order chi connectivity index (χ0) is 11.5. The zero-order valence-electron chi connectivity index (χ0n) is 9.14. The van der Waals surface area contributed by atoms with Gasteiger partial charge in [0.05, 0.1) is 4.75 Å². The quantitative estimate of drug-likeness (QED) is 0.725. The van der Waals surface area contributed by atoms with Crippen molar-refractivity contribution in [2.45, 2.75) is 25.5 Å². The Morgan fingerprint density at radius 2 is 1.67 bits per heavy atom. The molecule has 0 fully saturated rings. The van der Waals surface area contributed by atoms with Gasteiger partial charge in [-0.05, 0) is 26.3 Å². The lowest BCUT2D eigenvalue weighted by molar-refractivity contribution is 0.562. The third-order valence-corrected chi connectivity index (χ3v) is 3.84. The van der Waals surface area contributed by atoms with Gasteiger partial charge < -0.3 is 0 Å². The molecule has 82 valence electrons. The van der Waals surface area contributed by atoms with E-state index in [1.165, 1.54) is 6.21 Å². The van der Waals surface area contributed by atoms with Gasteiger partial charge in [0.15, 0.2) is 0 Å². The molecule has 0 radical (unpaired) electrons. The fraction of sp³-hybridized carbons (Fsp3) is 0.364. The molecule has 0 saturated heterocycles. The maximum absolute atomic E-state index is 11.6. The van der Waals surface area contributed by atoms with Crippen molar-refractivity contribution in [2.75, 3.05) is 0 Å². The predicted molar refractivity (Wildman–Crippen MR) is 62.7 cm³/mol. The van der Waals surface area contributed by atoms with Gasteiger partial charge >= 0.3 is 0 Å². The van der Waals surface area contributed by atoms with E-state index in [1.807, 2.05) is 30.3 Å². The lowest BCUT2D eigenvalue weighted by Gasteiger charge is -2.14. The molecular weight excluding hydrogens is 210 g/mol. The van der Waals surface area contributed by atoms with Crippen LogP contribution < -0.4 is 0 Å². The summed E-state index contributed by atoms with van der Waals surface area (Å²) in [6, 6.07) is 9.16. The summed E-state index contributed by atoms with van der Waals surface area (Å²) in [4.78, 5) is 0. The molecule has 0 bridgehead atoms. The van der Waals surface area contributed by atoms with Gasteiger partial charge in [0, 0.05) is 6.21 Å². The van der Waals surface area contributed by atoms with E-state index in [2.05, 4.69) is 4.40 Å². The molecule has 1 aromatic rings. The fourth-order valence-electron chi connectivity index (χ4n) is 0.827. The summed E-state index contributed by atoms with van der Waals surface area (Å²) in [5.74, 6) is 0. The molecule has 0 N–H and O–H groups in total. The maximum atomic E-state index is 11.6. The van der Waals surface area contributed by atoms with Crippen LogP contribution in [-0.4, -0.2) is 19.4 Å². The second-order valence-electron chi connectivity index (χ2n) is 4.23. The first-order valence-electron chi connectivity index (χ1n) is 4.68. The molecule has 4 heteroatoms. The van der Waals surface area contributed by atoms with Gasteiger partial charge in [0.1, 0.15) is 0 Å². The van der Waals surface area contributed by atoms with Crippen LogP contribution in [-0.2, 0) is 10.0 Å². The molecule has 0 aliphatic carbocycles. The van der Waals surface area contributed by atoms with Crippen molar-refractivity contribution in [1.29, 1.82) is 0 Å². The monoisotopic (exact) mass is 225 g/mol. The Labute approximate surface area is 90.9 Å². The Bertz CT molecular complexity index is 441. The molecule has 0 atom stereocenters. The van der Waals surface area contributed by atoms with E-state index in [9.17, 15) is 8.42 Å². The lowest BCUT2D eigenvalue weighted by atomic mass is 10.2. The van der Waals surface area contributed by atoms with Crippen LogP contribution in [0.25, 0.3) is 0 Å². The van der Waals surface area contributed by atoms with Crippen LogP contribution in [0.1, 0.15) is 26.3 Å². The molecule has 0 aliphatic rings. The summed E-state index contributed by atoms with van der Waals surface area (Å²) < 4.78 is 26.1. The smallest absolute Gasteiger partial charge is 0.204 e. The van der Waals surface area contributed by atoms with Crippen LogP contribution >= 0.6 is 0 Å². The topological polar surface area (TPSA) is 46.5 Å². The molecule has 0 aromatic heterocycles. The minimum atomic E-state index is -3.43. The molecule has 1 rings (SSSR count). The number of hydrogen-bond donors (Lipinski definition) is 0. The van der Waals surface area contributed by atoms with Crippen LogP contribution in [0.4, 0.5) is 0 Å². The van der Waals surface area contributed by atoms with E-state index in [0.29, 0.717) is 0 Å². The molecule has 0 aliphatic heterocycles. The Morgan fingerprint density at radius 3 is 2.13 bits per heavy atom. The van der Waals surface area contributed by atoms with Gasteiger partial charge in [-0.1, -0.05) is 30.3 Å². The number of rotatable bonds is 2. The molecule has 3 nitrogen and oxygen atoms in total. The van der Waals surface area contributed by atoms with Gasteiger partial charge in [-0.3, -0.25) is 0 Å². The molecule has 0 unspecified atom stereocenters. The minimum absolute atomic E-state index is 0.783. The molecule has 0 saturated carbocycles. The van der Waals surface area contributed by atoms with E-state index in [0.717, 1.165) is 5.56 Å². The highest BCUT2D eigenvalue weighted by atomic mass is 32.2. The molecule has 1 aromatic carbocycles. The number of nitrogens with zero attached hydrogens (tertiary/aromatic N) is 1. The van der Waals surface area contributed by atoms with E-state index in [4.69, 9.17) is 0 Å². The standard InChI is InChI=1S/C11H15NO2S/c1-11(2,3)15(13,14)12-9-10-7-5-4-6-8-10/h4-9H,1-3H3. The van der Waals surface area contributed by atoms with Crippen molar-refractivity contribution in [3.05, 3.63) is 35.9 Å². The van der Waals surface area contributed by atoms with Crippen molar-refractivity contribution in [3.8, 4) is 0 Å². The summed E-state index contributed by atoms with van der Waals surface area (Å²) >= 11 is 0. The Kier molecular flexibility index (Phi) is 3.29. The first-order chi connectivity index (χ1) is 6.83. The van der Waals surface area contributed by atoms with Crippen LogP contribution in [0.5, 0.6) is 0 Å². The molecule has 0 heterocycles. The normalized spacial score (nSPS) is 13.3. The number of sulfonamides is 1. The van der Waals surface area contributed by atoms with E-state index >= 15 is 0 Å². The second kappa shape index (κ2) is 4.14. The SMILES string of the molecule is CC(C)(C)S(=O)(=O)N=Cc1ccccc1. The summed E-state index contributed by atoms with van der Waals surface area (Å²) in [7, 11) is -3.43. The van der Waals surface area contributed by atoms with Gasteiger partial charge in [0.2, 0.25) is 0 Å². The average Bonchev–Trinajstić information content (AvgIpc) is 2.15. The molecule has 0 amide bonds. The third-order valence-electron chi connectivity index (χ3n) is 1.91. The zero-order valence-corrected chi connectivity index (χ0v) is 9.95. The molecule has 0 spiro atoms. The lowest BCUT2D eigenvalue weighted by Crippen LogP contribution is -2.25. The van der Waals surface area contributed by atoms with Gasteiger partial charge in [-0.25, -0.2) is 8.42 Å². The van der Waals surface area contributed by atoms with Gasteiger partial charge in [-0.2, -0.15) is 4.40 Å². The molecule has 15 heavy (non-hydrogen) atoms. The second-order valence-corrected chi connectivity index (χ2v) is 6.62. The van der Waals surface area contributed by atoms with Crippen LogP contribution in [0.15, 0.2) is 34.7 Å². The van der Waals surface area contributed by atoms with Crippen LogP contribution in [0.3, 0.4) is 0 Å². The van der Waals surface area contributed by atoms with Crippen LogP contribution in [0, 0.1) is 0 Å². The highest BCUT2D eigenvalue weighted by molar-refractivity contribution is 7.91. The predicted octanol–water partition coefficient (Wildman–Crippen LogP) is 2.23. The van der Waals surface area contributed by atoms with Gasteiger partial charge in [-0.15, -0.1) is 0 Å². The summed E-state index contributed by atoms with van der Waals surface area (Å²) in [6.07, 6.45) is 1.38. The van der Waals surface area contributed by atoms with E-state index < -0.39 is 14.8 Å². The largest absolute Gasteiger partial charge is 0.258 e.